The molecule has 1 amide bonds. The van der Waals surface area contributed by atoms with Crippen LogP contribution in [0.15, 0.2) is 103 Å². The number of rotatable bonds is 5. The first-order valence-electron chi connectivity index (χ1n) is 10.4. The summed E-state index contributed by atoms with van der Waals surface area (Å²) in [5, 5.41) is 9.67. The number of allylic oxidation sites excluding steroid dienone is 2. The van der Waals surface area contributed by atoms with Crippen LogP contribution in [0.25, 0.3) is 0 Å². The largest absolute Gasteiger partial charge is 0.280 e. The van der Waals surface area contributed by atoms with E-state index in [9.17, 15) is 10.1 Å². The number of carbonyl (C=O) groups is 1. The normalized spacial score (nSPS) is 19.6. The number of nitriles is 1. The molecule has 2 aromatic carbocycles. The maximum atomic E-state index is 14.2. The highest BCUT2D eigenvalue weighted by Gasteiger charge is 2.53. The molecule has 0 spiro atoms. The minimum atomic E-state index is -0.747. The second-order valence-electron chi connectivity index (χ2n) is 8.01. The number of amides is 1. The highest BCUT2D eigenvalue weighted by molar-refractivity contribution is 6.07. The first-order chi connectivity index (χ1) is 15.2. The molecular formula is C27H21N3O. The fourth-order valence-corrected chi connectivity index (χ4v) is 4.81. The standard InChI is InChI=1S/C27H21N3O/c28-19-22-8-5-4-7-21(22)18-27(17-20-13-15-29-16-14-20)24-11-6-12-25(24)30(26(27)31)23-9-2-1-3-10-23/h1-10,12-16H,11,17-18H2. The number of hydrogen-bond acceptors (Lipinski definition) is 3. The zero-order valence-corrected chi connectivity index (χ0v) is 17.0. The molecule has 1 aromatic heterocycles. The van der Waals surface area contributed by atoms with Crippen molar-refractivity contribution in [3.8, 4) is 6.07 Å². The highest BCUT2D eigenvalue weighted by atomic mass is 16.2. The molecule has 1 atom stereocenters. The van der Waals surface area contributed by atoms with Gasteiger partial charge in [0.1, 0.15) is 0 Å². The Kier molecular flexibility index (Phi) is 4.72. The quantitative estimate of drug-likeness (QED) is 0.603. The summed E-state index contributed by atoms with van der Waals surface area (Å²) in [5.41, 5.74) is 4.81. The van der Waals surface area contributed by atoms with Gasteiger partial charge in [-0.3, -0.25) is 14.7 Å². The fraction of sp³-hybridized carbons (Fsp3) is 0.148. The smallest absolute Gasteiger partial charge is 0.242 e. The summed E-state index contributed by atoms with van der Waals surface area (Å²) >= 11 is 0. The zero-order chi connectivity index (χ0) is 21.3. The number of aromatic nitrogens is 1. The molecule has 5 rings (SSSR count). The number of benzene rings is 2. The SMILES string of the molecule is N#Cc1ccccc1CC1(Cc2ccncc2)C(=O)N(c2ccccc2)C2=C1CC=C2. The van der Waals surface area contributed by atoms with Crippen LogP contribution in [0.4, 0.5) is 5.69 Å². The molecule has 2 heterocycles. The maximum absolute atomic E-state index is 14.2. The zero-order valence-electron chi connectivity index (χ0n) is 17.0. The predicted molar refractivity (Wildman–Crippen MR) is 120 cm³/mol. The van der Waals surface area contributed by atoms with Crippen LogP contribution in [0.2, 0.25) is 0 Å². The summed E-state index contributed by atoms with van der Waals surface area (Å²) in [6.07, 6.45) is 9.52. The van der Waals surface area contributed by atoms with Gasteiger partial charge in [0, 0.05) is 23.8 Å². The van der Waals surface area contributed by atoms with Crippen molar-refractivity contribution in [1.29, 1.82) is 5.26 Å². The summed E-state index contributed by atoms with van der Waals surface area (Å²) in [7, 11) is 0. The van der Waals surface area contributed by atoms with E-state index in [2.05, 4.69) is 23.2 Å². The van der Waals surface area contributed by atoms with Crippen molar-refractivity contribution in [2.24, 2.45) is 5.41 Å². The molecule has 0 saturated carbocycles. The Balaban J connectivity index is 1.67. The van der Waals surface area contributed by atoms with E-state index in [-0.39, 0.29) is 5.91 Å². The Labute approximate surface area is 181 Å². The van der Waals surface area contributed by atoms with Gasteiger partial charge < -0.3 is 0 Å². The van der Waals surface area contributed by atoms with Gasteiger partial charge in [0.15, 0.2) is 0 Å². The van der Waals surface area contributed by atoms with Crippen LogP contribution in [-0.2, 0) is 17.6 Å². The summed E-state index contributed by atoms with van der Waals surface area (Å²) in [5.74, 6) is 0.0672. The van der Waals surface area contributed by atoms with E-state index in [1.807, 2.05) is 71.6 Å². The lowest BCUT2D eigenvalue weighted by Gasteiger charge is -2.32. The Morgan fingerprint density at radius 2 is 1.71 bits per heavy atom. The number of para-hydroxylation sites is 1. The Morgan fingerprint density at radius 3 is 2.48 bits per heavy atom. The lowest BCUT2D eigenvalue weighted by Crippen LogP contribution is -2.41. The Bertz CT molecular complexity index is 1240. The van der Waals surface area contributed by atoms with E-state index in [0.717, 1.165) is 34.5 Å². The molecule has 0 N–H and O–H groups in total. The van der Waals surface area contributed by atoms with Crippen molar-refractivity contribution in [1.82, 2.24) is 4.98 Å². The summed E-state index contributed by atoms with van der Waals surface area (Å²) in [6, 6.07) is 23.6. The van der Waals surface area contributed by atoms with Gasteiger partial charge in [0.2, 0.25) is 5.91 Å². The second-order valence-corrected chi connectivity index (χ2v) is 8.01. The summed E-state index contributed by atoms with van der Waals surface area (Å²) in [4.78, 5) is 20.2. The van der Waals surface area contributed by atoms with Gasteiger partial charge in [-0.25, -0.2) is 0 Å². The number of hydrogen-bond donors (Lipinski definition) is 0. The van der Waals surface area contributed by atoms with Crippen LogP contribution in [0.1, 0.15) is 23.1 Å². The van der Waals surface area contributed by atoms with Gasteiger partial charge in [-0.2, -0.15) is 5.26 Å². The van der Waals surface area contributed by atoms with Crippen molar-refractivity contribution in [3.63, 3.8) is 0 Å². The first-order valence-corrected chi connectivity index (χ1v) is 10.4. The Hall–Kier alpha value is -3.97. The van der Waals surface area contributed by atoms with Gasteiger partial charge in [-0.1, -0.05) is 42.5 Å². The summed E-state index contributed by atoms with van der Waals surface area (Å²) < 4.78 is 0. The molecule has 1 aliphatic heterocycles. The summed E-state index contributed by atoms with van der Waals surface area (Å²) in [6.45, 7) is 0. The van der Waals surface area contributed by atoms with Crippen molar-refractivity contribution in [2.75, 3.05) is 4.90 Å². The number of carbonyl (C=O) groups excluding carboxylic acids is 1. The molecule has 4 nitrogen and oxygen atoms in total. The minimum absolute atomic E-state index is 0.0672. The maximum Gasteiger partial charge on any atom is 0.242 e. The van der Waals surface area contributed by atoms with E-state index in [0.29, 0.717) is 18.4 Å². The molecule has 2 aliphatic rings. The highest BCUT2D eigenvalue weighted by Crippen LogP contribution is 2.51. The average molecular weight is 403 g/mol. The molecular weight excluding hydrogens is 382 g/mol. The van der Waals surface area contributed by atoms with Gasteiger partial charge in [-0.05, 0) is 72.4 Å². The lowest BCUT2D eigenvalue weighted by atomic mass is 9.70. The molecule has 0 bridgehead atoms. The molecule has 4 heteroatoms. The molecule has 3 aromatic rings. The third kappa shape index (κ3) is 3.15. The van der Waals surface area contributed by atoms with Gasteiger partial charge in [0.25, 0.3) is 0 Å². The molecule has 0 saturated heterocycles. The van der Waals surface area contributed by atoms with Gasteiger partial charge in [-0.15, -0.1) is 0 Å². The van der Waals surface area contributed by atoms with Crippen LogP contribution in [0.3, 0.4) is 0 Å². The van der Waals surface area contributed by atoms with Crippen molar-refractivity contribution in [2.45, 2.75) is 19.3 Å². The van der Waals surface area contributed by atoms with Gasteiger partial charge in [0.05, 0.1) is 17.0 Å². The topological polar surface area (TPSA) is 57.0 Å². The second kappa shape index (κ2) is 7.70. The minimum Gasteiger partial charge on any atom is -0.280 e. The molecule has 1 unspecified atom stereocenters. The number of nitrogens with zero attached hydrogens (tertiary/aromatic N) is 3. The molecule has 0 radical (unpaired) electrons. The van der Waals surface area contributed by atoms with E-state index < -0.39 is 5.41 Å². The van der Waals surface area contributed by atoms with Crippen LogP contribution in [0, 0.1) is 16.7 Å². The third-order valence-corrected chi connectivity index (χ3v) is 6.24. The first kappa shape index (κ1) is 19.0. The number of pyridine rings is 1. The molecule has 0 fully saturated rings. The van der Waals surface area contributed by atoms with Crippen LogP contribution in [-0.4, -0.2) is 10.9 Å². The predicted octanol–water partition coefficient (Wildman–Crippen LogP) is 4.99. The van der Waals surface area contributed by atoms with Crippen molar-refractivity contribution in [3.05, 3.63) is 119 Å². The van der Waals surface area contributed by atoms with E-state index in [1.165, 1.54) is 0 Å². The fourth-order valence-electron chi connectivity index (χ4n) is 4.81. The third-order valence-electron chi connectivity index (χ3n) is 6.24. The van der Waals surface area contributed by atoms with Crippen LogP contribution < -0.4 is 4.90 Å². The Morgan fingerprint density at radius 1 is 0.968 bits per heavy atom. The monoisotopic (exact) mass is 403 g/mol. The van der Waals surface area contributed by atoms with Crippen LogP contribution >= 0.6 is 0 Å². The van der Waals surface area contributed by atoms with E-state index >= 15 is 0 Å². The molecule has 150 valence electrons. The lowest BCUT2D eigenvalue weighted by molar-refractivity contribution is -0.124. The molecule has 1 aliphatic carbocycles. The van der Waals surface area contributed by atoms with E-state index in [4.69, 9.17) is 0 Å². The van der Waals surface area contributed by atoms with Gasteiger partial charge >= 0.3 is 0 Å². The van der Waals surface area contributed by atoms with Crippen LogP contribution in [0.5, 0.6) is 0 Å². The molecule has 31 heavy (non-hydrogen) atoms. The average Bonchev–Trinajstić information content (AvgIpc) is 3.37. The number of anilines is 1. The van der Waals surface area contributed by atoms with Crippen molar-refractivity contribution >= 4 is 11.6 Å². The van der Waals surface area contributed by atoms with E-state index in [1.54, 1.807) is 12.4 Å². The van der Waals surface area contributed by atoms with Crippen molar-refractivity contribution < 1.29 is 4.79 Å².